The number of esters is 1. The Morgan fingerprint density at radius 1 is 1.06 bits per heavy atom. The number of ether oxygens (including phenoxy) is 3. The van der Waals surface area contributed by atoms with E-state index in [-0.39, 0.29) is 19.1 Å². The lowest BCUT2D eigenvalue weighted by Gasteiger charge is -2.22. The first-order valence-electron chi connectivity index (χ1n) is 11.2. The number of carboxylic acid groups (broad SMARTS) is 1. The lowest BCUT2D eigenvalue weighted by molar-refractivity contribution is -0.149. The molecule has 0 aromatic heterocycles. The van der Waals surface area contributed by atoms with Crippen LogP contribution in [0.3, 0.4) is 0 Å². The van der Waals surface area contributed by atoms with Gasteiger partial charge < -0.3 is 30.0 Å². The average Bonchev–Trinajstić information content (AvgIpc) is 3.44. The summed E-state index contributed by atoms with van der Waals surface area (Å²) in [7, 11) is 1.12. The maximum absolute atomic E-state index is 12.6. The number of nitrogens with one attached hydrogen (secondary N) is 2. The maximum Gasteiger partial charge on any atom is 0.407 e. The minimum absolute atomic E-state index is 0.110. The molecule has 3 atom stereocenters. The topological polar surface area (TPSA) is 140 Å². The lowest BCUT2D eigenvalue weighted by atomic mass is 9.98. The van der Waals surface area contributed by atoms with Crippen LogP contribution in [0.15, 0.2) is 48.5 Å². The average molecular weight is 482 g/mol. The van der Waals surface area contributed by atoms with Crippen LogP contribution in [0.5, 0.6) is 0 Å². The standard InChI is InChI=1S/C25H26N2O8/c1-33-21(28)12-20(24(30)31)26-23(29)22-19(10-11-34-22)27-25(32)35-13-18-16-8-4-2-6-14(16)15-7-3-5-9-17(15)18/h2-9,18-20,22H,10-13H2,1H3,(H,26,29)(H,27,32)(H,30,31)/t19-,20-,22+/m1/s1. The van der Waals surface area contributed by atoms with Gasteiger partial charge in [-0.1, -0.05) is 48.5 Å². The van der Waals surface area contributed by atoms with E-state index < -0.39 is 48.5 Å². The zero-order valence-electron chi connectivity index (χ0n) is 19.1. The van der Waals surface area contributed by atoms with Gasteiger partial charge in [0.1, 0.15) is 12.6 Å². The number of alkyl carbamates (subject to hydrolysis) is 1. The van der Waals surface area contributed by atoms with Gasteiger partial charge in [0.05, 0.1) is 19.6 Å². The molecule has 0 saturated carbocycles. The largest absolute Gasteiger partial charge is 0.480 e. The third-order valence-electron chi connectivity index (χ3n) is 6.21. The van der Waals surface area contributed by atoms with Crippen LogP contribution in [0.4, 0.5) is 4.79 Å². The molecule has 0 radical (unpaired) electrons. The minimum Gasteiger partial charge on any atom is -0.480 e. The molecule has 3 N–H and O–H groups in total. The lowest BCUT2D eigenvalue weighted by Crippen LogP contribution is -2.52. The van der Waals surface area contributed by atoms with E-state index in [1.807, 2.05) is 48.5 Å². The fraction of sp³-hybridized carbons (Fsp3) is 0.360. The SMILES string of the molecule is COC(=O)C[C@@H](NC(=O)[C@H]1OCC[C@H]1NC(=O)OCC1c2ccccc2-c2ccccc21)C(=O)O. The summed E-state index contributed by atoms with van der Waals surface area (Å²) in [6.45, 7) is 0.311. The van der Waals surface area contributed by atoms with Gasteiger partial charge in [0, 0.05) is 12.5 Å². The molecule has 1 fully saturated rings. The Balaban J connectivity index is 1.35. The third kappa shape index (κ3) is 5.27. The molecule has 2 aromatic rings. The van der Waals surface area contributed by atoms with E-state index >= 15 is 0 Å². The number of aliphatic carboxylic acids is 1. The Bertz CT molecular complexity index is 1090. The molecule has 1 aliphatic heterocycles. The van der Waals surface area contributed by atoms with Crippen LogP contribution in [0.1, 0.15) is 29.9 Å². The smallest absolute Gasteiger partial charge is 0.407 e. The van der Waals surface area contributed by atoms with E-state index in [2.05, 4.69) is 15.4 Å². The molecule has 10 heteroatoms. The summed E-state index contributed by atoms with van der Waals surface area (Å²) >= 11 is 0. The van der Waals surface area contributed by atoms with Crippen molar-refractivity contribution < 1.29 is 38.5 Å². The van der Waals surface area contributed by atoms with E-state index in [9.17, 15) is 24.3 Å². The number of benzene rings is 2. The van der Waals surface area contributed by atoms with Crippen LogP contribution in [0.2, 0.25) is 0 Å². The highest BCUT2D eigenvalue weighted by atomic mass is 16.6. The van der Waals surface area contributed by atoms with Gasteiger partial charge in [-0.3, -0.25) is 9.59 Å². The number of hydrogen-bond acceptors (Lipinski definition) is 7. The first-order chi connectivity index (χ1) is 16.9. The second-order valence-corrected chi connectivity index (χ2v) is 8.34. The molecule has 35 heavy (non-hydrogen) atoms. The monoisotopic (exact) mass is 482 g/mol. The molecule has 184 valence electrons. The highest BCUT2D eigenvalue weighted by Gasteiger charge is 2.38. The first kappa shape index (κ1) is 24.2. The van der Waals surface area contributed by atoms with E-state index in [0.717, 1.165) is 29.4 Å². The van der Waals surface area contributed by atoms with Crippen molar-refractivity contribution in [3.05, 3.63) is 59.7 Å². The minimum atomic E-state index is -1.48. The van der Waals surface area contributed by atoms with Crippen molar-refractivity contribution >= 4 is 23.9 Å². The molecule has 2 amide bonds. The van der Waals surface area contributed by atoms with E-state index in [0.29, 0.717) is 6.42 Å². The van der Waals surface area contributed by atoms with Crippen LogP contribution in [0.25, 0.3) is 11.1 Å². The number of hydrogen-bond donors (Lipinski definition) is 3. The third-order valence-corrected chi connectivity index (χ3v) is 6.21. The number of carbonyl (C=O) groups is 4. The summed E-state index contributed by atoms with van der Waals surface area (Å²) in [6, 6.07) is 13.7. The Kier molecular flexibility index (Phi) is 7.31. The Labute approximate surface area is 201 Å². The van der Waals surface area contributed by atoms with Crippen molar-refractivity contribution in [2.24, 2.45) is 0 Å². The second-order valence-electron chi connectivity index (χ2n) is 8.34. The zero-order chi connectivity index (χ0) is 24.9. The molecular formula is C25H26N2O8. The Morgan fingerprint density at radius 3 is 2.29 bits per heavy atom. The van der Waals surface area contributed by atoms with Gasteiger partial charge in [-0.05, 0) is 28.7 Å². The van der Waals surface area contributed by atoms with Gasteiger partial charge in [0.2, 0.25) is 0 Å². The molecule has 10 nitrogen and oxygen atoms in total. The van der Waals surface area contributed by atoms with Gasteiger partial charge in [0.25, 0.3) is 5.91 Å². The molecule has 2 aliphatic rings. The highest BCUT2D eigenvalue weighted by Crippen LogP contribution is 2.44. The first-order valence-corrected chi connectivity index (χ1v) is 11.2. The highest BCUT2D eigenvalue weighted by molar-refractivity contribution is 5.90. The number of rotatable bonds is 8. The van der Waals surface area contributed by atoms with Crippen LogP contribution in [-0.4, -0.2) is 67.6 Å². The molecule has 0 bridgehead atoms. The second kappa shape index (κ2) is 10.6. The summed E-state index contributed by atoms with van der Waals surface area (Å²) in [5, 5.41) is 14.2. The van der Waals surface area contributed by atoms with E-state index in [1.165, 1.54) is 0 Å². The zero-order valence-corrected chi connectivity index (χ0v) is 19.1. The summed E-state index contributed by atoms with van der Waals surface area (Å²) in [4.78, 5) is 48.0. The number of carbonyl (C=O) groups excluding carboxylic acids is 3. The molecule has 1 aliphatic carbocycles. The predicted octanol–water partition coefficient (Wildman–Crippen LogP) is 1.82. The normalized spacial score (nSPS) is 19.2. The molecule has 2 aromatic carbocycles. The van der Waals surface area contributed by atoms with Crippen LogP contribution < -0.4 is 10.6 Å². The van der Waals surface area contributed by atoms with Gasteiger partial charge in [-0.15, -0.1) is 0 Å². The van der Waals surface area contributed by atoms with Crippen LogP contribution in [0, 0.1) is 0 Å². The molecule has 0 spiro atoms. The number of amides is 2. The van der Waals surface area contributed by atoms with Gasteiger partial charge in [-0.25, -0.2) is 9.59 Å². The van der Waals surface area contributed by atoms with Crippen LogP contribution >= 0.6 is 0 Å². The van der Waals surface area contributed by atoms with E-state index in [4.69, 9.17) is 9.47 Å². The molecule has 0 unspecified atom stereocenters. The number of carboxylic acids is 1. The molecule has 1 saturated heterocycles. The fourth-order valence-corrected chi connectivity index (χ4v) is 4.49. The summed E-state index contributed by atoms with van der Waals surface area (Å²) < 4.78 is 15.4. The van der Waals surface area contributed by atoms with Crippen LogP contribution in [-0.2, 0) is 28.6 Å². The van der Waals surface area contributed by atoms with Gasteiger partial charge in [-0.2, -0.15) is 0 Å². The van der Waals surface area contributed by atoms with Crippen molar-refractivity contribution in [3.63, 3.8) is 0 Å². The predicted molar refractivity (Wildman–Crippen MR) is 123 cm³/mol. The summed E-state index contributed by atoms with van der Waals surface area (Å²) in [5.74, 6) is -3.02. The maximum atomic E-state index is 12.6. The van der Waals surface area contributed by atoms with Crippen molar-refractivity contribution in [2.45, 2.75) is 36.9 Å². The molecular weight excluding hydrogens is 456 g/mol. The van der Waals surface area contributed by atoms with Gasteiger partial charge >= 0.3 is 18.0 Å². The Morgan fingerprint density at radius 2 is 1.69 bits per heavy atom. The fourth-order valence-electron chi connectivity index (χ4n) is 4.49. The van der Waals surface area contributed by atoms with Crippen molar-refractivity contribution in [2.75, 3.05) is 20.3 Å². The Hall–Kier alpha value is -3.92. The summed E-state index contributed by atoms with van der Waals surface area (Å²) in [6.07, 6.45) is -2.01. The van der Waals surface area contributed by atoms with Crippen molar-refractivity contribution in [3.8, 4) is 11.1 Å². The number of fused-ring (bicyclic) bond motifs is 3. The summed E-state index contributed by atoms with van der Waals surface area (Å²) in [5.41, 5.74) is 4.37. The number of methoxy groups -OCH3 is 1. The molecule has 1 heterocycles. The molecule has 4 rings (SSSR count). The van der Waals surface area contributed by atoms with Crippen molar-refractivity contribution in [1.29, 1.82) is 0 Å². The van der Waals surface area contributed by atoms with Crippen molar-refractivity contribution in [1.82, 2.24) is 10.6 Å². The van der Waals surface area contributed by atoms with E-state index in [1.54, 1.807) is 0 Å². The van der Waals surface area contributed by atoms with Gasteiger partial charge in [0.15, 0.2) is 6.10 Å². The quantitative estimate of drug-likeness (QED) is 0.484.